The summed E-state index contributed by atoms with van der Waals surface area (Å²) in [6.07, 6.45) is 7.58. The minimum absolute atomic E-state index is 0.0973. The van der Waals surface area contributed by atoms with Crippen LogP contribution in [0, 0.1) is 0 Å². The van der Waals surface area contributed by atoms with Gasteiger partial charge in [-0.1, -0.05) is 30.3 Å². The summed E-state index contributed by atoms with van der Waals surface area (Å²) in [6.45, 7) is 1.63. The molecular formula is C17H18N2OS. The maximum atomic E-state index is 12.3. The number of nitrogens with zero attached hydrogens (tertiary/aromatic N) is 2. The summed E-state index contributed by atoms with van der Waals surface area (Å²) in [7, 11) is 0. The van der Waals surface area contributed by atoms with Gasteiger partial charge in [0.1, 0.15) is 0 Å². The number of carbonyl (C=O) groups is 1. The van der Waals surface area contributed by atoms with Crippen LogP contribution in [-0.4, -0.2) is 28.9 Å². The largest absolute Gasteiger partial charge is 0.338 e. The van der Waals surface area contributed by atoms with Crippen molar-refractivity contribution in [3.8, 4) is 0 Å². The van der Waals surface area contributed by atoms with E-state index < -0.39 is 0 Å². The van der Waals surface area contributed by atoms with Crippen molar-refractivity contribution in [3.63, 3.8) is 0 Å². The van der Waals surface area contributed by atoms with E-state index >= 15 is 0 Å². The number of carbonyl (C=O) groups excluding carboxylic acids is 1. The van der Waals surface area contributed by atoms with Crippen LogP contribution in [0.15, 0.2) is 48.0 Å². The van der Waals surface area contributed by atoms with E-state index in [4.69, 9.17) is 0 Å². The van der Waals surface area contributed by atoms with E-state index in [1.807, 2.05) is 52.9 Å². The van der Waals surface area contributed by atoms with Crippen LogP contribution in [0.4, 0.5) is 0 Å². The van der Waals surface area contributed by atoms with Crippen LogP contribution in [0.2, 0.25) is 0 Å². The third-order valence-corrected chi connectivity index (χ3v) is 4.69. The number of aromatic nitrogens is 1. The van der Waals surface area contributed by atoms with Crippen LogP contribution in [0.5, 0.6) is 0 Å². The van der Waals surface area contributed by atoms with Crippen molar-refractivity contribution in [3.05, 3.63) is 58.6 Å². The number of hydrogen-bond donors (Lipinski definition) is 0. The van der Waals surface area contributed by atoms with Crippen molar-refractivity contribution in [2.45, 2.75) is 18.8 Å². The second kappa shape index (κ2) is 6.68. The molecule has 1 aromatic heterocycles. The van der Waals surface area contributed by atoms with Crippen LogP contribution in [-0.2, 0) is 4.79 Å². The van der Waals surface area contributed by atoms with Crippen molar-refractivity contribution < 1.29 is 4.79 Å². The Hall–Kier alpha value is -1.94. The molecule has 2 aromatic rings. The summed E-state index contributed by atoms with van der Waals surface area (Å²) in [5.41, 5.74) is 1.05. The van der Waals surface area contributed by atoms with Gasteiger partial charge in [-0.05, 0) is 24.5 Å². The lowest BCUT2D eigenvalue weighted by Crippen LogP contribution is -2.38. The molecule has 3 nitrogen and oxygen atoms in total. The molecule has 1 aliphatic heterocycles. The van der Waals surface area contributed by atoms with Crippen molar-refractivity contribution in [1.29, 1.82) is 0 Å². The molecular weight excluding hydrogens is 280 g/mol. The number of likely N-dealkylation sites (tertiary alicyclic amines) is 1. The maximum absolute atomic E-state index is 12.3. The fourth-order valence-electron chi connectivity index (χ4n) is 2.65. The van der Waals surface area contributed by atoms with E-state index in [2.05, 4.69) is 4.98 Å². The first-order valence-electron chi connectivity index (χ1n) is 7.24. The van der Waals surface area contributed by atoms with Crippen LogP contribution in [0.25, 0.3) is 6.08 Å². The molecule has 108 valence electrons. The first kappa shape index (κ1) is 14.0. The van der Waals surface area contributed by atoms with Gasteiger partial charge in [-0.25, -0.2) is 4.98 Å². The Morgan fingerprint density at radius 2 is 2.19 bits per heavy atom. The summed E-state index contributed by atoms with van der Waals surface area (Å²) in [4.78, 5) is 18.6. The average molecular weight is 298 g/mol. The van der Waals surface area contributed by atoms with Gasteiger partial charge in [0, 0.05) is 36.7 Å². The highest BCUT2D eigenvalue weighted by atomic mass is 32.1. The van der Waals surface area contributed by atoms with Gasteiger partial charge in [-0.2, -0.15) is 0 Å². The van der Waals surface area contributed by atoms with Gasteiger partial charge in [-0.3, -0.25) is 4.79 Å². The number of rotatable bonds is 3. The van der Waals surface area contributed by atoms with Gasteiger partial charge in [0.15, 0.2) is 0 Å². The normalized spacial score (nSPS) is 19.0. The quantitative estimate of drug-likeness (QED) is 0.812. The lowest BCUT2D eigenvalue weighted by molar-refractivity contribution is -0.127. The fourth-order valence-corrected chi connectivity index (χ4v) is 3.42. The average Bonchev–Trinajstić information content (AvgIpc) is 3.08. The number of benzene rings is 1. The Balaban J connectivity index is 1.63. The molecule has 2 heterocycles. The predicted molar refractivity (Wildman–Crippen MR) is 86.1 cm³/mol. The molecule has 3 rings (SSSR count). The summed E-state index contributed by atoms with van der Waals surface area (Å²) in [5, 5.41) is 3.16. The van der Waals surface area contributed by atoms with Gasteiger partial charge in [0.05, 0.1) is 5.01 Å². The van der Waals surface area contributed by atoms with Crippen molar-refractivity contribution >= 4 is 23.3 Å². The molecule has 0 N–H and O–H groups in total. The van der Waals surface area contributed by atoms with Crippen molar-refractivity contribution in [1.82, 2.24) is 9.88 Å². The van der Waals surface area contributed by atoms with E-state index in [1.54, 1.807) is 17.4 Å². The zero-order valence-electron chi connectivity index (χ0n) is 11.8. The Kier molecular flexibility index (Phi) is 4.46. The van der Waals surface area contributed by atoms with Crippen LogP contribution in [0.1, 0.15) is 29.3 Å². The maximum Gasteiger partial charge on any atom is 0.246 e. The van der Waals surface area contributed by atoms with Crippen LogP contribution >= 0.6 is 11.3 Å². The zero-order chi connectivity index (χ0) is 14.5. The molecule has 1 aliphatic rings. The number of amides is 1. The first-order chi connectivity index (χ1) is 10.3. The third-order valence-electron chi connectivity index (χ3n) is 3.75. The number of piperidine rings is 1. The van der Waals surface area contributed by atoms with Gasteiger partial charge < -0.3 is 4.90 Å². The van der Waals surface area contributed by atoms with E-state index in [0.29, 0.717) is 5.92 Å². The molecule has 0 radical (unpaired) electrons. The summed E-state index contributed by atoms with van der Waals surface area (Å²) in [6, 6.07) is 9.92. The molecule has 1 atom stereocenters. The zero-order valence-corrected chi connectivity index (χ0v) is 12.6. The molecule has 1 unspecified atom stereocenters. The standard InChI is InChI=1S/C17H18N2OS/c20-16(9-8-14-5-2-1-3-6-14)19-11-4-7-15(13-19)17-18-10-12-21-17/h1-3,5-6,8-10,12,15H,4,7,11,13H2/b9-8+. The fraction of sp³-hybridized carbons (Fsp3) is 0.294. The van der Waals surface area contributed by atoms with Crippen molar-refractivity contribution in [2.75, 3.05) is 13.1 Å². The summed E-state index contributed by atoms with van der Waals surface area (Å²) >= 11 is 1.69. The Morgan fingerprint density at radius 3 is 2.95 bits per heavy atom. The molecule has 0 saturated carbocycles. The van der Waals surface area contributed by atoms with E-state index in [-0.39, 0.29) is 5.91 Å². The number of thiazole rings is 1. The first-order valence-corrected chi connectivity index (χ1v) is 8.12. The summed E-state index contributed by atoms with van der Waals surface area (Å²) < 4.78 is 0. The lowest BCUT2D eigenvalue weighted by atomic mass is 9.98. The minimum atomic E-state index is 0.0973. The third kappa shape index (κ3) is 3.58. The van der Waals surface area contributed by atoms with Gasteiger partial charge in [0.25, 0.3) is 0 Å². The highest BCUT2D eigenvalue weighted by molar-refractivity contribution is 7.09. The molecule has 1 aromatic carbocycles. The molecule has 1 fully saturated rings. The van der Waals surface area contributed by atoms with E-state index in [0.717, 1.165) is 36.5 Å². The van der Waals surface area contributed by atoms with Crippen molar-refractivity contribution in [2.24, 2.45) is 0 Å². The molecule has 4 heteroatoms. The second-order valence-corrected chi connectivity index (χ2v) is 6.16. The molecule has 1 saturated heterocycles. The predicted octanol–water partition coefficient (Wildman–Crippen LogP) is 3.56. The molecule has 0 spiro atoms. The minimum Gasteiger partial charge on any atom is -0.338 e. The van der Waals surface area contributed by atoms with Gasteiger partial charge >= 0.3 is 0 Å². The molecule has 21 heavy (non-hydrogen) atoms. The SMILES string of the molecule is O=C(/C=C/c1ccccc1)N1CCCC(c2nccs2)C1. The molecule has 0 bridgehead atoms. The van der Waals surface area contributed by atoms with E-state index in [1.165, 1.54) is 0 Å². The second-order valence-electron chi connectivity index (χ2n) is 5.24. The monoisotopic (exact) mass is 298 g/mol. The van der Waals surface area contributed by atoms with Gasteiger partial charge in [0.2, 0.25) is 5.91 Å². The van der Waals surface area contributed by atoms with Crippen LogP contribution < -0.4 is 0 Å². The topological polar surface area (TPSA) is 33.2 Å². The van der Waals surface area contributed by atoms with Gasteiger partial charge in [-0.15, -0.1) is 11.3 Å². The number of hydrogen-bond acceptors (Lipinski definition) is 3. The molecule has 0 aliphatic carbocycles. The van der Waals surface area contributed by atoms with Crippen LogP contribution in [0.3, 0.4) is 0 Å². The molecule has 1 amide bonds. The highest BCUT2D eigenvalue weighted by Crippen LogP contribution is 2.28. The Bertz CT molecular complexity index is 607. The Labute approximate surface area is 128 Å². The highest BCUT2D eigenvalue weighted by Gasteiger charge is 2.24. The smallest absolute Gasteiger partial charge is 0.246 e. The Morgan fingerprint density at radius 1 is 1.33 bits per heavy atom. The lowest BCUT2D eigenvalue weighted by Gasteiger charge is -2.31. The summed E-state index contributed by atoms with van der Waals surface area (Å²) in [5.74, 6) is 0.493. The van der Waals surface area contributed by atoms with E-state index in [9.17, 15) is 4.79 Å².